The summed E-state index contributed by atoms with van der Waals surface area (Å²) < 4.78 is 6.59. The first-order valence-electron chi connectivity index (χ1n) is 5.34. The number of aromatic nitrogens is 3. The lowest BCUT2D eigenvalue weighted by Crippen LogP contribution is -2.03. The maximum absolute atomic E-state index is 11.1. The zero-order valence-corrected chi connectivity index (χ0v) is 9.28. The maximum atomic E-state index is 11.1. The molecule has 0 unspecified atom stereocenters. The lowest BCUT2D eigenvalue weighted by molar-refractivity contribution is 0.0691. The molecule has 0 amide bonds. The van der Waals surface area contributed by atoms with Crippen LogP contribution in [0.2, 0.25) is 0 Å². The Hall–Kier alpha value is -2.63. The van der Waals surface area contributed by atoms with Crippen LogP contribution in [-0.2, 0) is 6.54 Å². The summed E-state index contributed by atoms with van der Waals surface area (Å²) in [5.41, 5.74) is 0.802. The Kier molecular flexibility index (Phi) is 2.33. The summed E-state index contributed by atoms with van der Waals surface area (Å²) in [5, 5.41) is 17.4. The van der Waals surface area contributed by atoms with Crippen LogP contribution in [0, 0.1) is 0 Å². The molecule has 18 heavy (non-hydrogen) atoms. The van der Waals surface area contributed by atoms with Crippen molar-refractivity contribution in [1.82, 2.24) is 14.9 Å². The number of para-hydroxylation sites is 1. The van der Waals surface area contributed by atoms with Gasteiger partial charge in [-0.1, -0.05) is 23.4 Å². The third-order valence-corrected chi connectivity index (χ3v) is 2.66. The van der Waals surface area contributed by atoms with Crippen molar-refractivity contribution in [1.29, 1.82) is 0 Å². The van der Waals surface area contributed by atoms with E-state index in [4.69, 9.17) is 9.63 Å². The van der Waals surface area contributed by atoms with Gasteiger partial charge < -0.3 is 9.63 Å². The van der Waals surface area contributed by atoms with Crippen molar-refractivity contribution >= 4 is 16.9 Å². The zero-order valence-electron chi connectivity index (χ0n) is 9.28. The largest absolute Gasteiger partial charge is 0.476 e. The van der Waals surface area contributed by atoms with E-state index in [0.717, 1.165) is 5.52 Å². The van der Waals surface area contributed by atoms with Crippen LogP contribution >= 0.6 is 0 Å². The van der Waals surface area contributed by atoms with Crippen LogP contribution in [0.1, 0.15) is 16.2 Å². The van der Waals surface area contributed by atoms with E-state index in [1.54, 1.807) is 29.1 Å². The molecule has 6 heteroatoms. The SMILES string of the molecule is O=C(O)c1nn(Cc2ccno2)c2ccccc12. The molecule has 1 N–H and O–H groups in total. The Morgan fingerprint density at radius 1 is 1.33 bits per heavy atom. The summed E-state index contributed by atoms with van der Waals surface area (Å²) in [6.45, 7) is 0.355. The molecule has 0 aliphatic heterocycles. The maximum Gasteiger partial charge on any atom is 0.357 e. The van der Waals surface area contributed by atoms with Crippen molar-refractivity contribution < 1.29 is 14.4 Å². The second-order valence-corrected chi connectivity index (χ2v) is 3.81. The molecule has 3 rings (SSSR count). The van der Waals surface area contributed by atoms with E-state index in [1.165, 1.54) is 0 Å². The second kappa shape index (κ2) is 3.99. The lowest BCUT2D eigenvalue weighted by atomic mass is 10.2. The van der Waals surface area contributed by atoms with Gasteiger partial charge in [0.25, 0.3) is 0 Å². The Morgan fingerprint density at radius 2 is 2.17 bits per heavy atom. The van der Waals surface area contributed by atoms with E-state index in [1.807, 2.05) is 12.1 Å². The highest BCUT2D eigenvalue weighted by molar-refractivity contribution is 6.01. The fraction of sp³-hybridized carbons (Fsp3) is 0.0833. The van der Waals surface area contributed by atoms with Gasteiger partial charge in [0.2, 0.25) is 0 Å². The van der Waals surface area contributed by atoms with Gasteiger partial charge in [-0.2, -0.15) is 5.10 Å². The predicted molar refractivity (Wildman–Crippen MR) is 62.3 cm³/mol. The molecule has 90 valence electrons. The molecular formula is C12H9N3O3. The molecule has 0 atom stereocenters. The second-order valence-electron chi connectivity index (χ2n) is 3.81. The first-order chi connectivity index (χ1) is 8.75. The highest BCUT2D eigenvalue weighted by Crippen LogP contribution is 2.19. The number of carbonyl (C=O) groups is 1. The van der Waals surface area contributed by atoms with Gasteiger partial charge in [-0.15, -0.1) is 0 Å². The molecule has 0 saturated heterocycles. The molecule has 2 aromatic heterocycles. The van der Waals surface area contributed by atoms with Crippen LogP contribution in [0.4, 0.5) is 0 Å². The number of carboxylic acid groups (broad SMARTS) is 1. The van der Waals surface area contributed by atoms with Crippen LogP contribution in [0.3, 0.4) is 0 Å². The number of fused-ring (bicyclic) bond motifs is 1. The number of hydrogen-bond donors (Lipinski definition) is 1. The van der Waals surface area contributed by atoms with Crippen LogP contribution in [-0.4, -0.2) is 26.0 Å². The Bertz CT molecular complexity index is 701. The third kappa shape index (κ3) is 1.64. The summed E-state index contributed by atoms with van der Waals surface area (Å²) in [6.07, 6.45) is 1.54. The molecule has 0 spiro atoms. The standard InChI is InChI=1S/C12H9N3O3/c16-12(17)11-9-3-1-2-4-10(9)15(14-11)7-8-5-6-13-18-8/h1-6H,7H2,(H,16,17). The molecule has 1 aromatic carbocycles. The fourth-order valence-corrected chi connectivity index (χ4v) is 1.88. The number of benzene rings is 1. The summed E-state index contributed by atoms with van der Waals surface area (Å²) in [7, 11) is 0. The Morgan fingerprint density at radius 3 is 2.89 bits per heavy atom. The fourth-order valence-electron chi connectivity index (χ4n) is 1.88. The van der Waals surface area contributed by atoms with Crippen molar-refractivity contribution in [2.24, 2.45) is 0 Å². The number of aromatic carboxylic acids is 1. The van der Waals surface area contributed by atoms with E-state index in [0.29, 0.717) is 17.7 Å². The van der Waals surface area contributed by atoms with Gasteiger partial charge in [0.15, 0.2) is 11.5 Å². The molecule has 2 heterocycles. The molecule has 0 bridgehead atoms. The molecule has 3 aromatic rings. The third-order valence-electron chi connectivity index (χ3n) is 2.66. The van der Waals surface area contributed by atoms with E-state index in [9.17, 15) is 4.79 Å². The minimum atomic E-state index is -1.04. The molecule has 0 fully saturated rings. The lowest BCUT2D eigenvalue weighted by Gasteiger charge is -1.98. The topological polar surface area (TPSA) is 81.1 Å². The molecule has 6 nitrogen and oxygen atoms in total. The van der Waals surface area contributed by atoms with Gasteiger partial charge >= 0.3 is 5.97 Å². The van der Waals surface area contributed by atoms with Crippen molar-refractivity contribution in [3.8, 4) is 0 Å². The minimum absolute atomic E-state index is 0.0464. The van der Waals surface area contributed by atoms with Crippen molar-refractivity contribution in [3.63, 3.8) is 0 Å². The normalized spacial score (nSPS) is 10.9. The van der Waals surface area contributed by atoms with Gasteiger partial charge in [-0.25, -0.2) is 4.79 Å². The van der Waals surface area contributed by atoms with Crippen molar-refractivity contribution in [2.45, 2.75) is 6.54 Å². The van der Waals surface area contributed by atoms with Crippen LogP contribution in [0.15, 0.2) is 41.1 Å². The van der Waals surface area contributed by atoms with Gasteiger partial charge in [-0.3, -0.25) is 4.68 Å². The minimum Gasteiger partial charge on any atom is -0.476 e. The summed E-state index contributed by atoms with van der Waals surface area (Å²) in [5.74, 6) is -0.414. The smallest absolute Gasteiger partial charge is 0.357 e. The molecule has 0 aliphatic rings. The highest BCUT2D eigenvalue weighted by Gasteiger charge is 2.16. The van der Waals surface area contributed by atoms with E-state index < -0.39 is 5.97 Å². The van der Waals surface area contributed by atoms with E-state index >= 15 is 0 Å². The predicted octanol–water partition coefficient (Wildman–Crippen LogP) is 1.77. The van der Waals surface area contributed by atoms with E-state index in [-0.39, 0.29) is 5.69 Å². The van der Waals surface area contributed by atoms with E-state index in [2.05, 4.69) is 10.3 Å². The van der Waals surface area contributed by atoms with Crippen LogP contribution in [0.5, 0.6) is 0 Å². The number of carboxylic acids is 1. The molecule has 0 radical (unpaired) electrons. The number of rotatable bonds is 3. The molecule has 0 saturated carbocycles. The zero-order chi connectivity index (χ0) is 12.5. The first-order valence-corrected chi connectivity index (χ1v) is 5.34. The van der Waals surface area contributed by atoms with Crippen molar-refractivity contribution in [2.75, 3.05) is 0 Å². The average molecular weight is 243 g/mol. The van der Waals surface area contributed by atoms with Gasteiger partial charge in [0, 0.05) is 11.5 Å². The Balaban J connectivity index is 2.14. The molecule has 0 aliphatic carbocycles. The van der Waals surface area contributed by atoms with Crippen LogP contribution < -0.4 is 0 Å². The monoisotopic (exact) mass is 243 g/mol. The molecular weight excluding hydrogens is 234 g/mol. The highest BCUT2D eigenvalue weighted by atomic mass is 16.5. The quantitative estimate of drug-likeness (QED) is 0.758. The summed E-state index contributed by atoms with van der Waals surface area (Å²) in [6, 6.07) is 8.91. The summed E-state index contributed by atoms with van der Waals surface area (Å²) >= 11 is 0. The van der Waals surface area contributed by atoms with Gasteiger partial charge in [-0.05, 0) is 6.07 Å². The number of nitrogens with zero attached hydrogens (tertiary/aromatic N) is 3. The Labute approximate surface area is 101 Å². The first kappa shape index (κ1) is 10.5. The average Bonchev–Trinajstić information content (AvgIpc) is 2.98. The van der Waals surface area contributed by atoms with Gasteiger partial charge in [0.05, 0.1) is 11.7 Å². The summed E-state index contributed by atoms with van der Waals surface area (Å²) in [4.78, 5) is 11.1. The number of hydrogen-bond acceptors (Lipinski definition) is 4. The van der Waals surface area contributed by atoms with Crippen LogP contribution in [0.25, 0.3) is 10.9 Å². The van der Waals surface area contributed by atoms with Gasteiger partial charge in [0.1, 0.15) is 6.54 Å². The van der Waals surface area contributed by atoms with Crippen molar-refractivity contribution in [3.05, 3.63) is 48.0 Å².